The quantitative estimate of drug-likeness (QED) is 0.672. The van der Waals surface area contributed by atoms with Crippen molar-refractivity contribution in [2.24, 2.45) is 11.0 Å². The van der Waals surface area contributed by atoms with E-state index in [0.29, 0.717) is 18.7 Å². The molecule has 18 heavy (non-hydrogen) atoms. The SMILES string of the molecule is O=C1NN=CC1CCCNc1cc(Cl)n[nH]c1=O. The summed E-state index contributed by atoms with van der Waals surface area (Å²) in [7, 11) is 0. The predicted molar refractivity (Wildman–Crippen MR) is 67.7 cm³/mol. The fourth-order valence-corrected chi connectivity index (χ4v) is 1.76. The molecule has 0 fully saturated rings. The van der Waals surface area contributed by atoms with Gasteiger partial charge in [-0.25, -0.2) is 10.5 Å². The summed E-state index contributed by atoms with van der Waals surface area (Å²) in [4.78, 5) is 22.5. The van der Waals surface area contributed by atoms with Gasteiger partial charge in [-0.05, 0) is 12.8 Å². The second-order valence-electron chi connectivity index (χ2n) is 3.86. The lowest BCUT2D eigenvalue weighted by molar-refractivity contribution is -0.122. The van der Waals surface area contributed by atoms with Gasteiger partial charge in [0.05, 0.1) is 5.92 Å². The van der Waals surface area contributed by atoms with E-state index in [1.807, 2.05) is 0 Å². The number of nitrogens with zero attached hydrogens (tertiary/aromatic N) is 2. The smallest absolute Gasteiger partial charge is 0.287 e. The number of nitrogens with one attached hydrogen (secondary N) is 3. The number of carbonyl (C=O) groups is 1. The van der Waals surface area contributed by atoms with Crippen molar-refractivity contribution in [3.8, 4) is 0 Å². The molecule has 0 radical (unpaired) electrons. The van der Waals surface area contributed by atoms with E-state index in [9.17, 15) is 9.59 Å². The van der Waals surface area contributed by atoms with Crippen molar-refractivity contribution in [3.05, 3.63) is 21.6 Å². The van der Waals surface area contributed by atoms with Crippen LogP contribution >= 0.6 is 11.6 Å². The number of hydrogen-bond donors (Lipinski definition) is 3. The third-order valence-electron chi connectivity index (χ3n) is 2.55. The van der Waals surface area contributed by atoms with E-state index in [4.69, 9.17) is 11.6 Å². The molecule has 1 aromatic heterocycles. The standard InChI is InChI=1S/C10H12ClN5O2/c11-8-4-7(10(18)16-14-8)12-3-1-2-6-5-13-15-9(6)17/h4-6H,1-3H2,(H,12,14)(H,15,17)(H,16,18). The van der Waals surface area contributed by atoms with Crippen molar-refractivity contribution >= 4 is 29.4 Å². The molecule has 1 atom stereocenters. The summed E-state index contributed by atoms with van der Waals surface area (Å²) in [5, 5.41) is 12.7. The lowest BCUT2D eigenvalue weighted by atomic mass is 10.1. The van der Waals surface area contributed by atoms with Gasteiger partial charge in [0.1, 0.15) is 5.69 Å². The average molecular weight is 270 g/mol. The van der Waals surface area contributed by atoms with Gasteiger partial charge in [-0.3, -0.25) is 9.59 Å². The van der Waals surface area contributed by atoms with Gasteiger partial charge in [0.2, 0.25) is 5.91 Å². The molecule has 96 valence electrons. The summed E-state index contributed by atoms with van der Waals surface area (Å²) in [6, 6.07) is 1.46. The van der Waals surface area contributed by atoms with E-state index < -0.39 is 0 Å². The van der Waals surface area contributed by atoms with Gasteiger partial charge in [0, 0.05) is 18.8 Å². The van der Waals surface area contributed by atoms with Gasteiger partial charge < -0.3 is 5.32 Å². The topological polar surface area (TPSA) is 99.2 Å². The first-order valence-corrected chi connectivity index (χ1v) is 5.87. The maximum atomic E-state index is 11.3. The molecular formula is C10H12ClN5O2. The Morgan fingerprint density at radius 3 is 3.00 bits per heavy atom. The molecule has 0 bridgehead atoms. The van der Waals surface area contributed by atoms with Crippen LogP contribution in [0, 0.1) is 5.92 Å². The van der Waals surface area contributed by atoms with Gasteiger partial charge in [-0.15, -0.1) is 0 Å². The number of hydrazone groups is 1. The summed E-state index contributed by atoms with van der Waals surface area (Å²) in [5.41, 5.74) is 2.43. The number of hydrogen-bond acceptors (Lipinski definition) is 5. The van der Waals surface area contributed by atoms with E-state index in [1.165, 1.54) is 6.07 Å². The number of amides is 1. The molecule has 0 saturated heterocycles. The summed E-state index contributed by atoms with van der Waals surface area (Å²) in [5.74, 6) is -0.258. The third-order valence-corrected chi connectivity index (χ3v) is 2.74. The zero-order valence-corrected chi connectivity index (χ0v) is 10.2. The van der Waals surface area contributed by atoms with E-state index in [2.05, 4.69) is 26.0 Å². The molecule has 0 aliphatic carbocycles. The van der Waals surface area contributed by atoms with Crippen LogP contribution in [0.25, 0.3) is 0 Å². The molecule has 1 aliphatic heterocycles. The average Bonchev–Trinajstić information content (AvgIpc) is 2.75. The van der Waals surface area contributed by atoms with Crippen LogP contribution in [0.4, 0.5) is 5.69 Å². The van der Waals surface area contributed by atoms with Gasteiger partial charge in [-0.2, -0.15) is 10.2 Å². The Labute approximate surface area is 108 Å². The van der Waals surface area contributed by atoms with E-state index in [-0.39, 0.29) is 22.5 Å². The zero-order chi connectivity index (χ0) is 13.0. The van der Waals surface area contributed by atoms with Crippen molar-refractivity contribution < 1.29 is 4.79 Å². The zero-order valence-electron chi connectivity index (χ0n) is 9.44. The molecule has 2 heterocycles. The van der Waals surface area contributed by atoms with Crippen LogP contribution < -0.4 is 16.3 Å². The minimum Gasteiger partial charge on any atom is -0.380 e. The number of anilines is 1. The highest BCUT2D eigenvalue weighted by atomic mass is 35.5. The maximum Gasteiger partial charge on any atom is 0.287 e. The van der Waals surface area contributed by atoms with Crippen LogP contribution in [0.2, 0.25) is 5.15 Å². The first-order chi connectivity index (χ1) is 8.66. The Hall–Kier alpha value is -1.89. The lowest BCUT2D eigenvalue weighted by Gasteiger charge is -2.06. The molecule has 1 unspecified atom stereocenters. The number of H-pyrrole nitrogens is 1. The van der Waals surface area contributed by atoms with Crippen LogP contribution in [-0.4, -0.2) is 28.9 Å². The first kappa shape index (κ1) is 12.6. The number of halogens is 1. The highest BCUT2D eigenvalue weighted by Gasteiger charge is 2.19. The molecule has 2 rings (SSSR count). The second-order valence-corrected chi connectivity index (χ2v) is 4.25. The van der Waals surface area contributed by atoms with E-state index in [0.717, 1.165) is 6.42 Å². The molecule has 0 spiro atoms. The molecule has 1 aliphatic rings. The van der Waals surface area contributed by atoms with Crippen molar-refractivity contribution in [2.45, 2.75) is 12.8 Å². The Morgan fingerprint density at radius 2 is 2.28 bits per heavy atom. The predicted octanol–water partition coefficient (Wildman–Crippen LogP) is 0.347. The summed E-state index contributed by atoms with van der Waals surface area (Å²) >= 11 is 5.66. The minimum absolute atomic E-state index is 0.0835. The molecule has 7 nitrogen and oxygen atoms in total. The van der Waals surface area contributed by atoms with E-state index >= 15 is 0 Å². The highest BCUT2D eigenvalue weighted by molar-refractivity contribution is 6.29. The van der Waals surface area contributed by atoms with Crippen LogP contribution in [0.5, 0.6) is 0 Å². The Balaban J connectivity index is 1.78. The lowest BCUT2D eigenvalue weighted by Crippen LogP contribution is -2.21. The molecule has 3 N–H and O–H groups in total. The van der Waals surface area contributed by atoms with Crippen LogP contribution in [0.15, 0.2) is 16.0 Å². The highest BCUT2D eigenvalue weighted by Crippen LogP contribution is 2.09. The number of aromatic amines is 1. The third kappa shape index (κ3) is 3.07. The summed E-state index contributed by atoms with van der Waals surface area (Å²) in [6.07, 6.45) is 3.01. The van der Waals surface area contributed by atoms with Gasteiger partial charge >= 0.3 is 0 Å². The van der Waals surface area contributed by atoms with Crippen molar-refractivity contribution in [1.29, 1.82) is 0 Å². The number of aromatic nitrogens is 2. The molecule has 8 heteroatoms. The molecule has 1 amide bonds. The second kappa shape index (κ2) is 5.63. The Kier molecular flexibility index (Phi) is 3.93. The molecule has 0 aromatic carbocycles. The Bertz CT molecular complexity index is 527. The number of rotatable bonds is 5. The van der Waals surface area contributed by atoms with Crippen molar-refractivity contribution in [2.75, 3.05) is 11.9 Å². The van der Waals surface area contributed by atoms with E-state index in [1.54, 1.807) is 6.21 Å². The van der Waals surface area contributed by atoms with Crippen molar-refractivity contribution in [3.63, 3.8) is 0 Å². The molecule has 1 aromatic rings. The van der Waals surface area contributed by atoms with Gasteiger partial charge in [0.15, 0.2) is 5.15 Å². The first-order valence-electron chi connectivity index (χ1n) is 5.49. The Morgan fingerprint density at radius 1 is 1.44 bits per heavy atom. The van der Waals surface area contributed by atoms with Crippen LogP contribution in [0.3, 0.4) is 0 Å². The normalized spacial score (nSPS) is 17.8. The van der Waals surface area contributed by atoms with Crippen molar-refractivity contribution in [1.82, 2.24) is 15.6 Å². The number of carbonyl (C=O) groups excluding carboxylic acids is 1. The monoisotopic (exact) mass is 269 g/mol. The fraction of sp³-hybridized carbons (Fsp3) is 0.400. The molecular weight excluding hydrogens is 258 g/mol. The summed E-state index contributed by atoms with van der Waals surface area (Å²) in [6.45, 7) is 0.570. The summed E-state index contributed by atoms with van der Waals surface area (Å²) < 4.78 is 0. The maximum absolute atomic E-state index is 11.3. The largest absolute Gasteiger partial charge is 0.380 e. The van der Waals surface area contributed by atoms with Crippen LogP contribution in [-0.2, 0) is 4.79 Å². The van der Waals surface area contributed by atoms with Gasteiger partial charge in [-0.1, -0.05) is 11.6 Å². The van der Waals surface area contributed by atoms with Crippen LogP contribution in [0.1, 0.15) is 12.8 Å². The molecule has 0 saturated carbocycles. The minimum atomic E-state index is -0.320. The van der Waals surface area contributed by atoms with Gasteiger partial charge in [0.25, 0.3) is 5.56 Å². The fourth-order valence-electron chi connectivity index (χ4n) is 1.60.